The van der Waals surface area contributed by atoms with Gasteiger partial charge in [0.25, 0.3) is 0 Å². The number of rotatable bonds is 4. The first-order chi connectivity index (χ1) is 10.7. The van der Waals surface area contributed by atoms with Crippen molar-refractivity contribution in [2.75, 3.05) is 6.61 Å². The zero-order valence-corrected chi connectivity index (χ0v) is 13.0. The smallest absolute Gasteiger partial charge is 0.330 e. The maximum Gasteiger partial charge on any atom is 0.330 e. The van der Waals surface area contributed by atoms with E-state index in [-0.39, 0.29) is 5.97 Å². The highest BCUT2D eigenvalue weighted by molar-refractivity contribution is 5.87. The summed E-state index contributed by atoms with van der Waals surface area (Å²) in [5.41, 5.74) is 1.35. The lowest BCUT2D eigenvalue weighted by atomic mass is 9.50. The Bertz CT molecular complexity index is 537. The van der Waals surface area contributed by atoms with E-state index >= 15 is 0 Å². The number of carbonyl (C=O) groups is 1. The average molecular weight is 296 g/mol. The van der Waals surface area contributed by atoms with Crippen LogP contribution in [-0.2, 0) is 9.53 Å². The summed E-state index contributed by atoms with van der Waals surface area (Å²) < 4.78 is 5.62. The van der Waals surface area contributed by atoms with Gasteiger partial charge < -0.3 is 4.74 Å². The van der Waals surface area contributed by atoms with Crippen LogP contribution < -0.4 is 0 Å². The summed E-state index contributed by atoms with van der Waals surface area (Å²) in [7, 11) is 0. The fourth-order valence-corrected chi connectivity index (χ4v) is 5.47. The minimum absolute atomic E-state index is 0.195. The van der Waals surface area contributed by atoms with Crippen LogP contribution in [0, 0.1) is 23.2 Å². The van der Waals surface area contributed by atoms with Gasteiger partial charge >= 0.3 is 5.97 Å². The van der Waals surface area contributed by atoms with Crippen molar-refractivity contribution < 1.29 is 9.53 Å². The lowest BCUT2D eigenvalue weighted by Gasteiger charge is -2.56. The van der Waals surface area contributed by atoms with Crippen LogP contribution in [0.3, 0.4) is 0 Å². The molecule has 0 amide bonds. The van der Waals surface area contributed by atoms with Gasteiger partial charge in [0.2, 0.25) is 0 Å². The highest BCUT2D eigenvalue weighted by Crippen LogP contribution is 2.60. The standard InChI is InChI=1S/C20H24O2/c21-19(7-6-15-4-2-1-3-5-15)22-14-20-11-16-8-17(12-20)10-18(9-16)13-20/h1-7,16-18H,8-14H2/b7-6-. The highest BCUT2D eigenvalue weighted by Gasteiger charge is 2.51. The second-order valence-corrected chi connectivity index (χ2v) is 7.77. The summed E-state index contributed by atoms with van der Waals surface area (Å²) in [5.74, 6) is 2.53. The first kappa shape index (κ1) is 14.0. The van der Waals surface area contributed by atoms with Crippen molar-refractivity contribution >= 4 is 12.0 Å². The molecule has 0 aromatic heterocycles. The molecular formula is C20H24O2. The monoisotopic (exact) mass is 296 g/mol. The molecule has 4 aliphatic rings. The third-order valence-electron chi connectivity index (χ3n) is 5.90. The SMILES string of the molecule is O=C(/C=C\c1ccccc1)OCC12CC3CC(CC(C3)C1)C2. The molecule has 4 bridgehead atoms. The van der Waals surface area contributed by atoms with E-state index in [9.17, 15) is 4.79 Å². The molecule has 0 spiro atoms. The molecule has 4 fully saturated rings. The van der Waals surface area contributed by atoms with Crippen LogP contribution in [0.25, 0.3) is 6.08 Å². The van der Waals surface area contributed by atoms with Gasteiger partial charge in [-0.1, -0.05) is 30.3 Å². The first-order valence-electron chi connectivity index (χ1n) is 8.61. The van der Waals surface area contributed by atoms with E-state index in [0.717, 1.165) is 23.3 Å². The van der Waals surface area contributed by atoms with E-state index in [1.807, 2.05) is 36.4 Å². The van der Waals surface area contributed by atoms with Crippen LogP contribution in [0.4, 0.5) is 0 Å². The summed E-state index contributed by atoms with van der Waals surface area (Å²) in [4.78, 5) is 12.0. The molecule has 2 heteroatoms. The maximum absolute atomic E-state index is 12.0. The molecule has 1 aromatic carbocycles. The molecule has 0 aliphatic heterocycles. The van der Waals surface area contributed by atoms with Gasteiger partial charge in [-0.15, -0.1) is 0 Å². The number of hydrogen-bond acceptors (Lipinski definition) is 2. The Hall–Kier alpha value is -1.57. The van der Waals surface area contributed by atoms with Crippen LogP contribution in [0.15, 0.2) is 36.4 Å². The Morgan fingerprint density at radius 2 is 1.64 bits per heavy atom. The summed E-state index contributed by atoms with van der Waals surface area (Å²) in [5, 5.41) is 0. The van der Waals surface area contributed by atoms with Gasteiger partial charge in [-0.3, -0.25) is 0 Å². The molecule has 4 saturated carbocycles. The molecule has 4 aliphatic carbocycles. The predicted octanol–water partition coefficient (Wildman–Crippen LogP) is 4.46. The Morgan fingerprint density at radius 1 is 1.05 bits per heavy atom. The van der Waals surface area contributed by atoms with E-state index in [0.29, 0.717) is 12.0 Å². The van der Waals surface area contributed by atoms with Crippen LogP contribution >= 0.6 is 0 Å². The Balaban J connectivity index is 1.35. The van der Waals surface area contributed by atoms with Crippen LogP contribution in [0.1, 0.15) is 44.1 Å². The number of benzene rings is 1. The maximum atomic E-state index is 12.0. The third kappa shape index (κ3) is 2.84. The van der Waals surface area contributed by atoms with Gasteiger partial charge in [0.1, 0.15) is 0 Å². The minimum Gasteiger partial charge on any atom is -0.462 e. The normalized spacial score (nSPS) is 35.9. The highest BCUT2D eigenvalue weighted by atomic mass is 16.5. The van der Waals surface area contributed by atoms with Gasteiger partial charge in [0.15, 0.2) is 0 Å². The van der Waals surface area contributed by atoms with Crippen molar-refractivity contribution in [2.45, 2.75) is 38.5 Å². The Morgan fingerprint density at radius 3 is 2.23 bits per heavy atom. The molecule has 5 rings (SSSR count). The van der Waals surface area contributed by atoms with Crippen LogP contribution in [0.5, 0.6) is 0 Å². The van der Waals surface area contributed by atoms with Crippen molar-refractivity contribution in [2.24, 2.45) is 23.2 Å². The van der Waals surface area contributed by atoms with Crippen LogP contribution in [0.2, 0.25) is 0 Å². The zero-order valence-electron chi connectivity index (χ0n) is 13.0. The van der Waals surface area contributed by atoms with E-state index < -0.39 is 0 Å². The predicted molar refractivity (Wildman–Crippen MR) is 87.0 cm³/mol. The number of hydrogen-bond donors (Lipinski definition) is 0. The molecule has 0 saturated heterocycles. The molecule has 1 aromatic rings. The Labute approximate surface area is 132 Å². The lowest BCUT2D eigenvalue weighted by Crippen LogP contribution is -2.48. The van der Waals surface area contributed by atoms with Gasteiger partial charge in [-0.2, -0.15) is 0 Å². The fourth-order valence-electron chi connectivity index (χ4n) is 5.47. The van der Waals surface area contributed by atoms with Crippen molar-refractivity contribution in [1.82, 2.24) is 0 Å². The van der Waals surface area contributed by atoms with E-state index in [2.05, 4.69) is 0 Å². The van der Waals surface area contributed by atoms with Gasteiger partial charge in [0.05, 0.1) is 6.61 Å². The molecule has 2 nitrogen and oxygen atoms in total. The average Bonchev–Trinajstić information content (AvgIpc) is 2.51. The van der Waals surface area contributed by atoms with E-state index in [1.54, 1.807) is 6.08 Å². The molecule has 0 radical (unpaired) electrons. The topological polar surface area (TPSA) is 26.3 Å². The molecule has 0 unspecified atom stereocenters. The van der Waals surface area contributed by atoms with E-state index in [1.165, 1.54) is 38.5 Å². The summed E-state index contributed by atoms with van der Waals surface area (Å²) in [6.07, 6.45) is 11.6. The van der Waals surface area contributed by atoms with Gasteiger partial charge in [-0.25, -0.2) is 4.79 Å². The van der Waals surface area contributed by atoms with Gasteiger partial charge in [-0.05, 0) is 67.9 Å². The fraction of sp³-hybridized carbons (Fsp3) is 0.550. The molecule has 0 N–H and O–H groups in total. The number of ether oxygens (including phenoxy) is 1. The van der Waals surface area contributed by atoms with Crippen molar-refractivity contribution in [3.05, 3.63) is 42.0 Å². The lowest BCUT2D eigenvalue weighted by molar-refractivity contribution is -0.149. The summed E-state index contributed by atoms with van der Waals surface area (Å²) in [6.45, 7) is 0.633. The quantitative estimate of drug-likeness (QED) is 0.605. The van der Waals surface area contributed by atoms with Crippen molar-refractivity contribution in [3.63, 3.8) is 0 Å². The second kappa shape index (κ2) is 5.57. The van der Waals surface area contributed by atoms with E-state index in [4.69, 9.17) is 4.74 Å². The molecule has 22 heavy (non-hydrogen) atoms. The molecular weight excluding hydrogens is 272 g/mol. The molecule has 116 valence electrons. The zero-order chi connectivity index (χ0) is 15.0. The number of carbonyl (C=O) groups excluding carboxylic acids is 1. The van der Waals surface area contributed by atoms with Crippen molar-refractivity contribution in [1.29, 1.82) is 0 Å². The minimum atomic E-state index is -0.195. The van der Waals surface area contributed by atoms with Gasteiger partial charge in [0, 0.05) is 11.5 Å². The summed E-state index contributed by atoms with van der Waals surface area (Å²) >= 11 is 0. The third-order valence-corrected chi connectivity index (χ3v) is 5.90. The molecule has 0 atom stereocenters. The van der Waals surface area contributed by atoms with Crippen molar-refractivity contribution in [3.8, 4) is 0 Å². The second-order valence-electron chi connectivity index (χ2n) is 7.77. The summed E-state index contributed by atoms with van der Waals surface area (Å²) in [6, 6.07) is 9.90. The number of esters is 1. The first-order valence-corrected chi connectivity index (χ1v) is 8.61. The largest absolute Gasteiger partial charge is 0.462 e. The molecule has 0 heterocycles. The van der Waals surface area contributed by atoms with Crippen LogP contribution in [-0.4, -0.2) is 12.6 Å². The Kier molecular flexibility index (Phi) is 3.56.